The molecule has 1 aromatic rings. The maximum atomic E-state index is 10.7. The first-order valence-corrected chi connectivity index (χ1v) is 7.68. The largest absolute Gasteiger partial charge is 0.388 e. The summed E-state index contributed by atoms with van der Waals surface area (Å²) >= 11 is 0. The van der Waals surface area contributed by atoms with Crippen molar-refractivity contribution in [2.24, 2.45) is 11.5 Å². The smallest absolute Gasteiger partial charge is 0.287 e. The van der Waals surface area contributed by atoms with E-state index in [9.17, 15) is 10.1 Å². The van der Waals surface area contributed by atoms with Crippen molar-refractivity contribution in [3.8, 4) is 0 Å². The van der Waals surface area contributed by atoms with Crippen LogP contribution in [0.25, 0.3) is 0 Å². The predicted octanol–water partition coefficient (Wildman–Crippen LogP) is 0.527. The highest BCUT2D eigenvalue weighted by atomic mass is 35.5. The molecule has 10 nitrogen and oxygen atoms in total. The van der Waals surface area contributed by atoms with Gasteiger partial charge in [-0.3, -0.25) is 20.4 Å². The number of rotatable bonds is 8. The Labute approximate surface area is 152 Å². The number of aromatic nitrogens is 1. The van der Waals surface area contributed by atoms with Gasteiger partial charge in [0.1, 0.15) is 12.0 Å². The second kappa shape index (κ2) is 9.47. The number of hydrogen-bond acceptors (Lipinski definition) is 8. The predicted molar refractivity (Wildman–Crippen MR) is 97.1 cm³/mol. The quantitative estimate of drug-likeness (QED) is 0.169. The van der Waals surface area contributed by atoms with Crippen LogP contribution >= 0.6 is 12.4 Å². The molecule has 0 bridgehead atoms. The van der Waals surface area contributed by atoms with Gasteiger partial charge in [0.15, 0.2) is 0 Å². The summed E-state index contributed by atoms with van der Waals surface area (Å²) in [5.41, 5.74) is 10.9. The molecule has 2 rings (SSSR count). The number of amidine groups is 1. The molecule has 1 fully saturated rings. The summed E-state index contributed by atoms with van der Waals surface area (Å²) in [5, 5.41) is 21.3. The normalized spacial score (nSPS) is 17.2. The molecular weight excluding hydrogens is 350 g/mol. The van der Waals surface area contributed by atoms with Crippen molar-refractivity contribution in [3.05, 3.63) is 28.4 Å². The van der Waals surface area contributed by atoms with Gasteiger partial charge in [-0.05, 0) is 12.5 Å². The fourth-order valence-electron chi connectivity index (χ4n) is 2.54. The van der Waals surface area contributed by atoms with Gasteiger partial charge in [-0.2, -0.15) is 0 Å². The lowest BCUT2D eigenvalue weighted by Gasteiger charge is -2.34. The minimum Gasteiger partial charge on any atom is -0.388 e. The summed E-state index contributed by atoms with van der Waals surface area (Å²) in [6, 6.07) is 2.85. The van der Waals surface area contributed by atoms with Crippen LogP contribution in [0, 0.1) is 15.5 Å². The first-order valence-electron chi connectivity index (χ1n) is 7.68. The van der Waals surface area contributed by atoms with Crippen LogP contribution in [0.3, 0.4) is 0 Å². The molecule has 140 valence electrons. The number of morpholine rings is 1. The molecule has 11 heteroatoms. The Morgan fingerprint density at radius 3 is 2.68 bits per heavy atom. The highest BCUT2D eigenvalue weighted by Crippen LogP contribution is 2.19. The third-order valence-corrected chi connectivity index (χ3v) is 3.82. The topological polar surface area (TPSA) is 156 Å². The van der Waals surface area contributed by atoms with Gasteiger partial charge in [-0.15, -0.1) is 12.4 Å². The van der Waals surface area contributed by atoms with Gasteiger partial charge in [0.2, 0.25) is 0 Å². The van der Waals surface area contributed by atoms with E-state index < -0.39 is 10.6 Å². The van der Waals surface area contributed by atoms with Crippen LogP contribution in [0.2, 0.25) is 0 Å². The standard InChI is InChI=1S/C14H23N7O3.ClH/c15-12(16)9-14(17,3-4-20-5-7-24-8-6-20)19-13-2-1-11(10-18-13)21(22)23;/h1-2,10H,3-9,17H2,(H3,15,16)(H,18,19);1H. The van der Waals surface area contributed by atoms with E-state index in [0.717, 1.165) is 19.6 Å². The van der Waals surface area contributed by atoms with E-state index in [-0.39, 0.29) is 30.4 Å². The van der Waals surface area contributed by atoms with Gasteiger partial charge < -0.3 is 21.5 Å². The van der Waals surface area contributed by atoms with Gasteiger partial charge in [-0.25, -0.2) is 4.98 Å². The van der Waals surface area contributed by atoms with Gasteiger partial charge in [-0.1, -0.05) is 0 Å². The van der Waals surface area contributed by atoms with Crippen molar-refractivity contribution in [2.75, 3.05) is 38.2 Å². The van der Waals surface area contributed by atoms with Gasteiger partial charge >= 0.3 is 0 Å². The van der Waals surface area contributed by atoms with E-state index in [0.29, 0.717) is 25.5 Å². The average molecular weight is 374 g/mol. The van der Waals surface area contributed by atoms with Crippen LogP contribution in [-0.4, -0.2) is 59.2 Å². The minimum atomic E-state index is -0.951. The molecule has 1 unspecified atom stereocenters. The molecule has 0 aromatic carbocycles. The molecule has 2 heterocycles. The molecule has 25 heavy (non-hydrogen) atoms. The molecule has 1 atom stereocenters. The maximum absolute atomic E-state index is 10.7. The third kappa shape index (κ3) is 6.78. The molecule has 0 amide bonds. The highest BCUT2D eigenvalue weighted by Gasteiger charge is 2.28. The number of nitro groups is 1. The Bertz CT molecular complexity index is 580. The van der Waals surface area contributed by atoms with Crippen molar-refractivity contribution in [1.29, 1.82) is 5.41 Å². The van der Waals surface area contributed by atoms with Crippen molar-refractivity contribution >= 4 is 29.7 Å². The maximum Gasteiger partial charge on any atom is 0.287 e. The third-order valence-electron chi connectivity index (χ3n) is 3.82. The summed E-state index contributed by atoms with van der Waals surface area (Å²) in [7, 11) is 0. The monoisotopic (exact) mass is 373 g/mol. The SMILES string of the molecule is Cl.N=C(N)CC(N)(CCN1CCOCC1)Nc1ccc([N+](=O)[O-])cn1. The van der Waals surface area contributed by atoms with Crippen LogP contribution in [0.15, 0.2) is 18.3 Å². The molecule has 0 aliphatic carbocycles. The zero-order chi connectivity index (χ0) is 17.6. The molecule has 0 spiro atoms. The van der Waals surface area contributed by atoms with Gasteiger partial charge in [0, 0.05) is 32.1 Å². The van der Waals surface area contributed by atoms with Crippen LogP contribution in [0.1, 0.15) is 12.8 Å². The summed E-state index contributed by atoms with van der Waals surface area (Å²) in [5.74, 6) is 0.375. The van der Waals surface area contributed by atoms with Crippen LogP contribution < -0.4 is 16.8 Å². The fraction of sp³-hybridized carbons (Fsp3) is 0.571. The number of halogens is 1. The molecule has 6 N–H and O–H groups in total. The average Bonchev–Trinajstić information content (AvgIpc) is 2.54. The number of ether oxygens (including phenoxy) is 1. The molecule has 1 aliphatic heterocycles. The zero-order valence-corrected chi connectivity index (χ0v) is 14.6. The lowest BCUT2D eigenvalue weighted by molar-refractivity contribution is -0.385. The summed E-state index contributed by atoms with van der Waals surface area (Å²) < 4.78 is 5.31. The molecule has 1 saturated heterocycles. The Morgan fingerprint density at radius 1 is 1.48 bits per heavy atom. The van der Waals surface area contributed by atoms with E-state index in [1.807, 2.05) is 0 Å². The van der Waals surface area contributed by atoms with E-state index in [2.05, 4.69) is 15.2 Å². The number of pyridine rings is 1. The van der Waals surface area contributed by atoms with Crippen LogP contribution in [-0.2, 0) is 4.74 Å². The number of nitrogens with one attached hydrogen (secondary N) is 2. The Kier molecular flexibility index (Phi) is 7.97. The van der Waals surface area contributed by atoms with E-state index in [1.54, 1.807) is 0 Å². The summed E-state index contributed by atoms with van der Waals surface area (Å²) in [6.45, 7) is 3.80. The van der Waals surface area contributed by atoms with Crippen molar-refractivity contribution in [2.45, 2.75) is 18.5 Å². The Balaban J connectivity index is 0.00000312. The first kappa shape index (κ1) is 21.0. The van der Waals surface area contributed by atoms with Crippen molar-refractivity contribution < 1.29 is 9.66 Å². The number of anilines is 1. The van der Waals surface area contributed by atoms with Crippen LogP contribution in [0.5, 0.6) is 0 Å². The van der Waals surface area contributed by atoms with Gasteiger partial charge in [0.25, 0.3) is 5.69 Å². The lowest BCUT2D eigenvalue weighted by Crippen LogP contribution is -2.53. The number of hydrogen-bond donors (Lipinski definition) is 4. The fourth-order valence-corrected chi connectivity index (χ4v) is 2.54. The Hall–Kier alpha value is -2.01. The molecule has 1 aliphatic rings. The number of nitrogens with zero attached hydrogens (tertiary/aromatic N) is 3. The Morgan fingerprint density at radius 2 is 2.16 bits per heavy atom. The first-order chi connectivity index (χ1) is 11.4. The summed E-state index contributed by atoms with van der Waals surface area (Å²) in [4.78, 5) is 16.4. The van der Waals surface area contributed by atoms with Crippen molar-refractivity contribution in [1.82, 2.24) is 9.88 Å². The van der Waals surface area contributed by atoms with E-state index >= 15 is 0 Å². The minimum absolute atomic E-state index is 0. The molecular formula is C14H24ClN7O3. The molecule has 1 aromatic heterocycles. The second-order valence-corrected chi connectivity index (χ2v) is 5.85. The lowest BCUT2D eigenvalue weighted by atomic mass is 10.0. The van der Waals surface area contributed by atoms with Gasteiger partial charge in [0.05, 0.1) is 29.6 Å². The molecule has 0 saturated carbocycles. The van der Waals surface area contributed by atoms with E-state index in [1.165, 1.54) is 18.3 Å². The number of nitrogens with two attached hydrogens (primary N) is 2. The second-order valence-electron chi connectivity index (χ2n) is 5.85. The summed E-state index contributed by atoms with van der Waals surface area (Å²) in [6.07, 6.45) is 1.86. The zero-order valence-electron chi connectivity index (χ0n) is 13.8. The molecule has 0 radical (unpaired) electrons. The highest BCUT2D eigenvalue weighted by molar-refractivity contribution is 5.85. The van der Waals surface area contributed by atoms with Crippen molar-refractivity contribution in [3.63, 3.8) is 0 Å². The van der Waals surface area contributed by atoms with Crippen LogP contribution in [0.4, 0.5) is 11.5 Å². The van der Waals surface area contributed by atoms with E-state index in [4.69, 9.17) is 21.6 Å².